The van der Waals surface area contributed by atoms with Crippen LogP contribution < -0.4 is 43.1 Å². The van der Waals surface area contributed by atoms with E-state index in [0.717, 1.165) is 34.2 Å². The second kappa shape index (κ2) is 24.0. The lowest BCUT2D eigenvalue weighted by molar-refractivity contribution is -0.137. The molecule has 2 saturated heterocycles. The van der Waals surface area contributed by atoms with Crippen molar-refractivity contribution in [1.82, 2.24) is 29.8 Å². The highest BCUT2D eigenvalue weighted by Gasteiger charge is 2.50. The number of hydrogen-bond donors (Lipinski definition) is 0. The first kappa shape index (κ1) is 57.3. The number of halogens is 5. The summed E-state index contributed by atoms with van der Waals surface area (Å²) in [4.78, 5) is 32.2. The van der Waals surface area contributed by atoms with Crippen LogP contribution in [0, 0.1) is 12.7 Å². The van der Waals surface area contributed by atoms with Gasteiger partial charge in [-0.15, -0.1) is 0 Å². The number of fused-ring (bicyclic) bond motifs is 1. The monoisotopic (exact) mass is 1150 g/mol. The maximum Gasteiger partial charge on any atom is 0.418 e. The third-order valence-corrected chi connectivity index (χ3v) is 16.3. The van der Waals surface area contributed by atoms with E-state index in [9.17, 15) is 0 Å². The normalized spacial score (nSPS) is 18.0. The zero-order valence-electron chi connectivity index (χ0n) is 47.9. The Bertz CT molecular complexity index is 3520. The number of aromatic nitrogens is 5. The second-order valence-electron chi connectivity index (χ2n) is 21.7. The van der Waals surface area contributed by atoms with Gasteiger partial charge in [0, 0.05) is 56.5 Å². The van der Waals surface area contributed by atoms with Gasteiger partial charge >= 0.3 is 12.2 Å². The van der Waals surface area contributed by atoms with Crippen molar-refractivity contribution in [2.24, 2.45) is 0 Å². The van der Waals surface area contributed by atoms with Gasteiger partial charge in [-0.3, -0.25) is 4.90 Å². The van der Waals surface area contributed by atoms with Crippen LogP contribution in [0.3, 0.4) is 0 Å². The number of alkyl halides is 4. The molecular formula is C64H66F5N9O6. The van der Waals surface area contributed by atoms with E-state index in [1.54, 1.807) is 58.9 Å². The smallest absolute Gasteiger partial charge is 0.418 e. The van der Waals surface area contributed by atoms with Crippen LogP contribution in [-0.2, 0) is 32.4 Å². The number of nitrogens with zero attached hydrogens (tertiary/aromatic N) is 9. The van der Waals surface area contributed by atoms with Crippen molar-refractivity contribution in [2.75, 3.05) is 69.4 Å². The molecule has 438 valence electrons. The van der Waals surface area contributed by atoms with Gasteiger partial charge in [-0.25, -0.2) is 23.7 Å². The topological polar surface area (TPSA) is 133 Å². The van der Waals surface area contributed by atoms with Crippen molar-refractivity contribution >= 4 is 28.4 Å². The van der Waals surface area contributed by atoms with E-state index in [0.29, 0.717) is 54.9 Å². The van der Waals surface area contributed by atoms with Gasteiger partial charge in [0.05, 0.1) is 57.3 Å². The first-order valence-electron chi connectivity index (χ1n) is 27.9. The molecule has 0 amide bonds. The van der Waals surface area contributed by atoms with Crippen LogP contribution in [0.1, 0.15) is 78.2 Å². The fraction of sp³-hybridized carbons (Fsp3) is 0.359. The lowest BCUT2D eigenvalue weighted by Gasteiger charge is -2.37. The van der Waals surface area contributed by atoms with Crippen LogP contribution in [0.15, 0.2) is 121 Å². The Morgan fingerprint density at radius 1 is 0.738 bits per heavy atom. The molecule has 2 fully saturated rings. The van der Waals surface area contributed by atoms with Crippen LogP contribution in [0.4, 0.5) is 39.4 Å². The molecule has 84 heavy (non-hydrogen) atoms. The van der Waals surface area contributed by atoms with E-state index in [2.05, 4.69) is 14.8 Å². The largest absolute Gasteiger partial charge is 0.497 e. The van der Waals surface area contributed by atoms with Crippen LogP contribution in [0.2, 0.25) is 0 Å². The Hall–Kier alpha value is -8.52. The maximum absolute atomic E-state index is 18.5. The highest BCUT2D eigenvalue weighted by Crippen LogP contribution is 2.48. The molecular weight excluding hydrogens is 1090 g/mol. The van der Waals surface area contributed by atoms with Crippen molar-refractivity contribution in [3.8, 4) is 46.1 Å². The summed E-state index contributed by atoms with van der Waals surface area (Å²) in [5, 5.41) is 0.0316. The Kier molecular flexibility index (Phi) is 16.4. The molecule has 7 heterocycles. The predicted octanol–water partition coefficient (Wildman–Crippen LogP) is 12.7. The summed E-state index contributed by atoms with van der Waals surface area (Å²) >= 11 is 0. The number of rotatable bonds is 20. The second-order valence-corrected chi connectivity index (χ2v) is 21.7. The Labute approximate surface area is 484 Å². The standard InChI is InChI=1S/C64H66F5N9O6/c1-39-37-83-61-54-58(56(66)57(72-61)52-30-53(71-40(2)55(52)64(67,68)69)75(32-42-11-19-47(79-4)20-12-42)33-43-13-21-48(80-5)22-14-43)73-62(84-38-63-27-9-29-77(63)36-46(65)31-63)74-60(54)78(39)41(3)51-10-8-28-70-59(51)76(34-44-15-23-49(81-6)24-16-44)35-45-17-25-50(82-7)26-18-45/h8,10-26,28,30,39,41,46H,9,27,29,31-38H2,1-7H3/t39-,41?,46+,63-/m0/s1. The van der Waals surface area contributed by atoms with Crippen molar-refractivity contribution < 1.29 is 50.4 Å². The molecule has 4 atom stereocenters. The van der Waals surface area contributed by atoms with E-state index in [4.69, 9.17) is 48.4 Å². The molecule has 0 saturated carbocycles. The Morgan fingerprint density at radius 3 is 1.82 bits per heavy atom. The summed E-state index contributed by atoms with van der Waals surface area (Å²) in [6, 6.07) is 34.0. The van der Waals surface area contributed by atoms with E-state index in [1.165, 1.54) is 13.0 Å². The molecule has 0 bridgehead atoms. The van der Waals surface area contributed by atoms with Gasteiger partial charge in [-0.1, -0.05) is 54.6 Å². The zero-order valence-corrected chi connectivity index (χ0v) is 47.9. The number of ether oxygens (including phenoxy) is 6. The van der Waals surface area contributed by atoms with Gasteiger partial charge in [-0.2, -0.15) is 23.1 Å². The fourth-order valence-corrected chi connectivity index (χ4v) is 12.1. The minimum atomic E-state index is -5.02. The van der Waals surface area contributed by atoms with E-state index >= 15 is 22.0 Å². The highest BCUT2D eigenvalue weighted by atomic mass is 19.4. The summed E-state index contributed by atoms with van der Waals surface area (Å²) < 4.78 is 116. The molecule has 0 aliphatic carbocycles. The first-order valence-corrected chi connectivity index (χ1v) is 27.9. The molecule has 15 nitrogen and oxygen atoms in total. The number of methoxy groups -OCH3 is 4. The molecule has 4 aromatic heterocycles. The number of pyridine rings is 3. The average molecular weight is 1150 g/mol. The van der Waals surface area contributed by atoms with Crippen molar-refractivity contribution in [1.29, 1.82) is 0 Å². The number of aryl methyl sites for hydroxylation is 1. The van der Waals surface area contributed by atoms with Crippen molar-refractivity contribution in [3.05, 3.63) is 166 Å². The van der Waals surface area contributed by atoms with Crippen LogP contribution >= 0.6 is 0 Å². The van der Waals surface area contributed by atoms with Crippen molar-refractivity contribution in [2.45, 2.75) is 96.2 Å². The summed E-state index contributed by atoms with van der Waals surface area (Å²) in [5.41, 5.74) is 0.531. The molecule has 8 aromatic rings. The summed E-state index contributed by atoms with van der Waals surface area (Å²) in [6.45, 7) is 7.33. The Morgan fingerprint density at radius 2 is 1.29 bits per heavy atom. The van der Waals surface area contributed by atoms with Crippen LogP contribution in [0.25, 0.3) is 22.2 Å². The van der Waals surface area contributed by atoms with Gasteiger partial charge in [0.1, 0.15) is 76.4 Å². The minimum absolute atomic E-state index is 0.00577. The lowest BCUT2D eigenvalue weighted by Crippen LogP contribution is -2.43. The van der Waals surface area contributed by atoms with Gasteiger partial charge in [-0.05, 0) is 123 Å². The molecule has 0 radical (unpaired) electrons. The zero-order chi connectivity index (χ0) is 58.9. The molecule has 0 N–H and O–H groups in total. The molecule has 20 heteroatoms. The highest BCUT2D eigenvalue weighted by molar-refractivity contribution is 5.97. The summed E-state index contributed by atoms with van der Waals surface area (Å²) in [5.74, 6) is 2.29. The molecule has 3 aliphatic rings. The van der Waals surface area contributed by atoms with Gasteiger partial charge in [0.25, 0.3) is 0 Å². The maximum atomic E-state index is 18.5. The van der Waals surface area contributed by atoms with Gasteiger partial charge in [0.15, 0.2) is 5.82 Å². The fourth-order valence-electron chi connectivity index (χ4n) is 12.1. The molecule has 1 unspecified atom stereocenters. The van der Waals surface area contributed by atoms with Crippen molar-refractivity contribution in [3.63, 3.8) is 0 Å². The van der Waals surface area contributed by atoms with Gasteiger partial charge in [0.2, 0.25) is 5.88 Å². The average Bonchev–Trinajstić information content (AvgIpc) is 2.53. The van der Waals surface area contributed by atoms with Gasteiger partial charge < -0.3 is 43.1 Å². The minimum Gasteiger partial charge on any atom is -0.497 e. The molecule has 11 rings (SSSR count). The van der Waals surface area contributed by atoms with E-state index < -0.39 is 58.3 Å². The number of benzene rings is 4. The van der Waals surface area contributed by atoms with Crippen LogP contribution in [-0.4, -0.2) is 102 Å². The third-order valence-electron chi connectivity index (χ3n) is 16.3. The lowest BCUT2D eigenvalue weighted by atomic mass is 9.95. The predicted molar refractivity (Wildman–Crippen MR) is 311 cm³/mol. The molecule has 3 aliphatic heterocycles. The molecule has 4 aromatic carbocycles. The first-order chi connectivity index (χ1) is 40.5. The molecule has 0 spiro atoms. The summed E-state index contributed by atoms with van der Waals surface area (Å²) in [6.07, 6.45) is -2.62. The van der Waals surface area contributed by atoms with E-state index in [-0.39, 0.29) is 73.7 Å². The third kappa shape index (κ3) is 11.7. The van der Waals surface area contributed by atoms with Crippen LogP contribution in [0.5, 0.6) is 34.9 Å². The summed E-state index contributed by atoms with van der Waals surface area (Å²) in [7, 11) is 6.36. The Balaban J connectivity index is 1.07. The quantitative estimate of drug-likeness (QED) is 0.0670. The van der Waals surface area contributed by atoms with E-state index in [1.807, 2.05) is 109 Å². The SMILES string of the molecule is COc1ccc(CN(Cc2ccc(OC)cc2)c2cc(-c3nc4c5c(nc(OC[C@@]67CCCN6C[C@H](F)C7)nc5c3F)N(C(C)c3cccnc3N(Cc3ccc(OC)cc3)Cc3ccc(OC)cc3)[C@@H](C)CO4)c(C(F)(F)F)c(C)n2)cc1. The number of anilines is 3. The number of hydrogen-bond acceptors (Lipinski definition) is 15.